The van der Waals surface area contributed by atoms with Gasteiger partial charge in [0.1, 0.15) is 0 Å². The van der Waals surface area contributed by atoms with Gasteiger partial charge in [0.05, 0.1) is 0 Å². The van der Waals surface area contributed by atoms with Crippen molar-refractivity contribution in [3.05, 3.63) is 83.9 Å². The van der Waals surface area contributed by atoms with Crippen molar-refractivity contribution in [2.75, 3.05) is 0 Å². The summed E-state index contributed by atoms with van der Waals surface area (Å²) in [6.07, 6.45) is 0. The average molecular weight is 300 g/mol. The van der Waals surface area contributed by atoms with Crippen LogP contribution < -0.4 is 0 Å². The summed E-state index contributed by atoms with van der Waals surface area (Å²) in [5.74, 6) is 0. The van der Waals surface area contributed by atoms with Crippen molar-refractivity contribution in [1.82, 2.24) is 0 Å². The van der Waals surface area contributed by atoms with Crippen molar-refractivity contribution in [3.8, 4) is 22.3 Å². The van der Waals surface area contributed by atoms with E-state index < -0.39 is 0 Å². The SMILES string of the molecule is Cc1ccc(-c2ccc(C(C)(C)C)cc2)cc1-c1ccccc1. The molecule has 0 nitrogen and oxygen atoms in total. The van der Waals surface area contributed by atoms with Gasteiger partial charge in [-0.2, -0.15) is 0 Å². The van der Waals surface area contributed by atoms with Crippen LogP contribution in [0, 0.1) is 6.92 Å². The Balaban J connectivity index is 2.01. The lowest BCUT2D eigenvalue weighted by Crippen LogP contribution is -2.10. The molecule has 0 atom stereocenters. The highest BCUT2D eigenvalue weighted by atomic mass is 14.2. The van der Waals surface area contributed by atoms with Gasteiger partial charge in [0.15, 0.2) is 0 Å². The second-order valence-corrected chi connectivity index (χ2v) is 7.22. The Morgan fingerprint density at radius 1 is 0.609 bits per heavy atom. The van der Waals surface area contributed by atoms with Gasteiger partial charge < -0.3 is 0 Å². The molecule has 3 aromatic rings. The molecule has 0 heterocycles. The van der Waals surface area contributed by atoms with E-state index in [2.05, 4.69) is 100 Å². The first-order valence-electron chi connectivity index (χ1n) is 8.22. The molecule has 0 bridgehead atoms. The summed E-state index contributed by atoms with van der Waals surface area (Å²) in [5, 5.41) is 0. The van der Waals surface area contributed by atoms with Crippen LogP contribution in [0.15, 0.2) is 72.8 Å². The number of hydrogen-bond donors (Lipinski definition) is 0. The van der Waals surface area contributed by atoms with Gasteiger partial charge in [0.25, 0.3) is 0 Å². The summed E-state index contributed by atoms with van der Waals surface area (Å²) in [6, 6.07) is 26.3. The summed E-state index contributed by atoms with van der Waals surface area (Å²) in [7, 11) is 0. The van der Waals surface area contributed by atoms with Crippen molar-refractivity contribution in [3.63, 3.8) is 0 Å². The van der Waals surface area contributed by atoms with Crippen molar-refractivity contribution in [2.45, 2.75) is 33.1 Å². The summed E-state index contributed by atoms with van der Waals surface area (Å²) in [5.41, 5.74) is 8.01. The second-order valence-electron chi connectivity index (χ2n) is 7.22. The van der Waals surface area contributed by atoms with Gasteiger partial charge in [-0.1, -0.05) is 87.5 Å². The van der Waals surface area contributed by atoms with Crippen LogP contribution >= 0.6 is 0 Å². The molecule has 0 aromatic heterocycles. The van der Waals surface area contributed by atoms with E-state index in [1.165, 1.54) is 33.4 Å². The molecule has 0 saturated carbocycles. The second kappa shape index (κ2) is 6.04. The maximum atomic E-state index is 2.30. The maximum Gasteiger partial charge on any atom is -0.0132 e. The minimum atomic E-state index is 0.195. The van der Waals surface area contributed by atoms with Crippen LogP contribution in [0.2, 0.25) is 0 Å². The number of hydrogen-bond acceptors (Lipinski definition) is 0. The third kappa shape index (κ3) is 3.37. The van der Waals surface area contributed by atoms with Gasteiger partial charge in [0, 0.05) is 0 Å². The Bertz CT molecular complexity index is 788. The lowest BCUT2D eigenvalue weighted by Gasteiger charge is -2.19. The molecule has 0 spiro atoms. The minimum Gasteiger partial charge on any atom is -0.0622 e. The van der Waals surface area contributed by atoms with E-state index >= 15 is 0 Å². The predicted molar refractivity (Wildman–Crippen MR) is 101 cm³/mol. The predicted octanol–water partition coefficient (Wildman–Crippen LogP) is 6.63. The molecule has 0 radical (unpaired) electrons. The molecule has 116 valence electrons. The van der Waals surface area contributed by atoms with Crippen LogP contribution in [-0.4, -0.2) is 0 Å². The summed E-state index contributed by atoms with van der Waals surface area (Å²) < 4.78 is 0. The molecule has 3 aromatic carbocycles. The molecule has 0 unspecified atom stereocenters. The highest BCUT2D eigenvalue weighted by Gasteiger charge is 2.13. The van der Waals surface area contributed by atoms with E-state index in [9.17, 15) is 0 Å². The summed E-state index contributed by atoms with van der Waals surface area (Å²) in [6.45, 7) is 8.93. The van der Waals surface area contributed by atoms with Crippen molar-refractivity contribution in [2.24, 2.45) is 0 Å². The van der Waals surface area contributed by atoms with E-state index in [1.54, 1.807) is 0 Å². The number of benzene rings is 3. The fourth-order valence-corrected chi connectivity index (χ4v) is 2.89. The van der Waals surface area contributed by atoms with Gasteiger partial charge in [-0.15, -0.1) is 0 Å². The molecule has 0 aliphatic rings. The fourth-order valence-electron chi connectivity index (χ4n) is 2.89. The van der Waals surface area contributed by atoms with Crippen LogP contribution in [0.3, 0.4) is 0 Å². The highest BCUT2D eigenvalue weighted by molar-refractivity contribution is 5.75. The molecular formula is C23H24. The lowest BCUT2D eigenvalue weighted by atomic mass is 9.86. The van der Waals surface area contributed by atoms with E-state index in [-0.39, 0.29) is 5.41 Å². The fraction of sp³-hybridized carbons (Fsp3) is 0.217. The molecule has 23 heavy (non-hydrogen) atoms. The Morgan fingerprint density at radius 3 is 1.83 bits per heavy atom. The standard InChI is InChI=1S/C23H24/c1-17-10-11-20(16-22(17)19-8-6-5-7-9-19)18-12-14-21(15-13-18)23(2,3)4/h5-16H,1-4H3. The molecule has 0 heteroatoms. The molecule has 0 aliphatic heterocycles. The summed E-state index contributed by atoms with van der Waals surface area (Å²) >= 11 is 0. The van der Waals surface area contributed by atoms with Gasteiger partial charge in [0.2, 0.25) is 0 Å². The Morgan fingerprint density at radius 2 is 1.22 bits per heavy atom. The number of rotatable bonds is 2. The van der Waals surface area contributed by atoms with E-state index in [0.717, 1.165) is 0 Å². The lowest BCUT2D eigenvalue weighted by molar-refractivity contribution is 0.590. The van der Waals surface area contributed by atoms with Crippen LogP contribution in [0.1, 0.15) is 31.9 Å². The zero-order chi connectivity index (χ0) is 16.4. The smallest absolute Gasteiger partial charge is 0.0132 e. The molecule has 3 rings (SSSR count). The quantitative estimate of drug-likeness (QED) is 0.498. The summed E-state index contributed by atoms with van der Waals surface area (Å²) in [4.78, 5) is 0. The third-order valence-electron chi connectivity index (χ3n) is 4.41. The normalized spacial score (nSPS) is 11.5. The monoisotopic (exact) mass is 300 g/mol. The van der Waals surface area contributed by atoms with Crippen molar-refractivity contribution < 1.29 is 0 Å². The van der Waals surface area contributed by atoms with Crippen molar-refractivity contribution in [1.29, 1.82) is 0 Å². The van der Waals surface area contributed by atoms with Crippen LogP contribution in [0.4, 0.5) is 0 Å². The molecule has 0 saturated heterocycles. The van der Waals surface area contributed by atoms with Gasteiger partial charge >= 0.3 is 0 Å². The zero-order valence-electron chi connectivity index (χ0n) is 14.4. The van der Waals surface area contributed by atoms with Crippen molar-refractivity contribution >= 4 is 0 Å². The van der Waals surface area contributed by atoms with E-state index in [0.29, 0.717) is 0 Å². The zero-order valence-corrected chi connectivity index (χ0v) is 14.4. The molecule has 0 fully saturated rings. The Kier molecular flexibility index (Phi) is 4.09. The van der Waals surface area contributed by atoms with Crippen LogP contribution in [0.5, 0.6) is 0 Å². The maximum absolute atomic E-state index is 2.30. The molecule has 0 aliphatic carbocycles. The van der Waals surface area contributed by atoms with E-state index in [4.69, 9.17) is 0 Å². The molecular weight excluding hydrogens is 276 g/mol. The first kappa shape index (κ1) is 15.6. The average Bonchev–Trinajstić information content (AvgIpc) is 2.55. The molecule has 0 amide bonds. The number of aryl methyl sites for hydroxylation is 1. The largest absolute Gasteiger partial charge is 0.0622 e. The minimum absolute atomic E-state index is 0.195. The van der Waals surface area contributed by atoms with E-state index in [1.807, 2.05) is 0 Å². The Hall–Kier alpha value is -2.34. The first-order valence-corrected chi connectivity index (χ1v) is 8.22. The third-order valence-corrected chi connectivity index (χ3v) is 4.41. The van der Waals surface area contributed by atoms with Crippen LogP contribution in [-0.2, 0) is 5.41 Å². The molecule has 0 N–H and O–H groups in total. The van der Waals surface area contributed by atoms with Gasteiger partial charge in [-0.05, 0) is 51.8 Å². The highest BCUT2D eigenvalue weighted by Crippen LogP contribution is 2.30. The van der Waals surface area contributed by atoms with Gasteiger partial charge in [-0.3, -0.25) is 0 Å². The first-order chi connectivity index (χ1) is 10.9. The van der Waals surface area contributed by atoms with Crippen LogP contribution in [0.25, 0.3) is 22.3 Å². The van der Waals surface area contributed by atoms with Gasteiger partial charge in [-0.25, -0.2) is 0 Å². The Labute approximate surface area is 139 Å². The topological polar surface area (TPSA) is 0 Å².